The molecule has 0 saturated carbocycles. The van der Waals surface area contributed by atoms with Crippen LogP contribution in [0.1, 0.15) is 83.4 Å². The number of aryl methyl sites for hydroxylation is 1. The van der Waals surface area contributed by atoms with E-state index >= 15 is 0 Å². The van der Waals surface area contributed by atoms with Crippen molar-refractivity contribution in [3.05, 3.63) is 17.0 Å². The fourth-order valence-corrected chi connectivity index (χ4v) is 2.75. The molecule has 0 aromatic carbocycles. The Labute approximate surface area is 118 Å². The van der Waals surface area contributed by atoms with Crippen molar-refractivity contribution >= 4 is 0 Å². The van der Waals surface area contributed by atoms with Crippen molar-refractivity contribution in [1.29, 1.82) is 0 Å². The lowest BCUT2D eigenvalue weighted by Gasteiger charge is -2.19. The fourth-order valence-electron chi connectivity index (χ4n) is 2.75. The minimum atomic E-state index is 0.442. The second-order valence-electron chi connectivity index (χ2n) is 5.47. The van der Waals surface area contributed by atoms with Gasteiger partial charge >= 0.3 is 0 Å². The molecule has 0 spiro atoms. The molecule has 0 fully saturated rings. The van der Waals surface area contributed by atoms with Crippen LogP contribution in [0.4, 0.5) is 0 Å². The molecule has 1 rings (SSSR count). The Morgan fingerprint density at radius 3 is 2.21 bits per heavy atom. The maximum Gasteiger partial charge on any atom is 0.0672 e. The van der Waals surface area contributed by atoms with Crippen LogP contribution in [-0.2, 0) is 12.8 Å². The van der Waals surface area contributed by atoms with E-state index in [-0.39, 0.29) is 0 Å². The second-order valence-corrected chi connectivity index (χ2v) is 5.47. The first kappa shape index (κ1) is 16.2. The molecule has 1 atom stereocenters. The molecule has 19 heavy (non-hydrogen) atoms. The number of rotatable bonds is 8. The van der Waals surface area contributed by atoms with Crippen LogP contribution >= 0.6 is 0 Å². The van der Waals surface area contributed by atoms with E-state index in [0.29, 0.717) is 12.1 Å². The van der Waals surface area contributed by atoms with E-state index in [1.165, 1.54) is 23.4 Å². The van der Waals surface area contributed by atoms with E-state index in [0.717, 1.165) is 25.8 Å². The lowest BCUT2D eigenvalue weighted by molar-refractivity contribution is 0.493. The Morgan fingerprint density at radius 2 is 1.79 bits per heavy atom. The molecule has 1 aromatic rings. The molecule has 3 heteroatoms. The quantitative estimate of drug-likeness (QED) is 0.769. The molecule has 3 nitrogen and oxygen atoms in total. The van der Waals surface area contributed by atoms with Gasteiger partial charge in [-0.25, -0.2) is 0 Å². The van der Waals surface area contributed by atoms with Crippen LogP contribution in [-0.4, -0.2) is 16.3 Å². The largest absolute Gasteiger partial charge is 0.310 e. The van der Waals surface area contributed by atoms with Crippen LogP contribution in [0.2, 0.25) is 0 Å². The minimum absolute atomic E-state index is 0.442. The molecule has 0 aliphatic carbocycles. The average Bonchev–Trinajstić information content (AvgIpc) is 2.78. The van der Waals surface area contributed by atoms with Crippen LogP contribution in [0.25, 0.3) is 0 Å². The summed E-state index contributed by atoms with van der Waals surface area (Å²) in [5.41, 5.74) is 4.16. The van der Waals surface area contributed by atoms with Gasteiger partial charge < -0.3 is 5.32 Å². The van der Waals surface area contributed by atoms with Gasteiger partial charge in [0, 0.05) is 23.3 Å². The van der Waals surface area contributed by atoms with Crippen LogP contribution in [0.3, 0.4) is 0 Å². The Kier molecular flexibility index (Phi) is 6.56. The average molecular weight is 265 g/mol. The van der Waals surface area contributed by atoms with Crippen LogP contribution in [0.5, 0.6) is 0 Å². The summed E-state index contributed by atoms with van der Waals surface area (Å²) in [4.78, 5) is 0. The summed E-state index contributed by atoms with van der Waals surface area (Å²) in [6.07, 6.45) is 4.39. The van der Waals surface area contributed by atoms with Crippen molar-refractivity contribution in [3.8, 4) is 0 Å². The third kappa shape index (κ3) is 3.59. The Bertz CT molecular complexity index is 380. The van der Waals surface area contributed by atoms with Gasteiger partial charge in [0.05, 0.1) is 5.69 Å². The molecular weight excluding hydrogens is 234 g/mol. The maximum atomic E-state index is 4.85. The van der Waals surface area contributed by atoms with Crippen LogP contribution < -0.4 is 5.32 Å². The molecule has 1 heterocycles. The summed E-state index contributed by atoms with van der Waals surface area (Å²) < 4.78 is 2.23. The van der Waals surface area contributed by atoms with Gasteiger partial charge in [-0.15, -0.1) is 0 Å². The summed E-state index contributed by atoms with van der Waals surface area (Å²) in [6, 6.07) is 0.898. The van der Waals surface area contributed by atoms with E-state index < -0.39 is 0 Å². The molecule has 0 aliphatic heterocycles. The van der Waals surface area contributed by atoms with E-state index in [2.05, 4.69) is 51.5 Å². The minimum Gasteiger partial charge on any atom is -0.310 e. The fraction of sp³-hybridized carbons (Fsp3) is 0.812. The smallest absolute Gasteiger partial charge is 0.0672 e. The molecule has 1 unspecified atom stereocenters. The van der Waals surface area contributed by atoms with Crippen molar-refractivity contribution in [2.75, 3.05) is 6.54 Å². The molecule has 0 saturated heterocycles. The molecule has 1 aromatic heterocycles. The summed E-state index contributed by atoms with van der Waals surface area (Å²) in [5, 5.41) is 8.54. The molecule has 0 aliphatic rings. The molecule has 110 valence electrons. The van der Waals surface area contributed by atoms with Crippen LogP contribution in [0.15, 0.2) is 0 Å². The van der Waals surface area contributed by atoms with Crippen LogP contribution in [0, 0.1) is 0 Å². The third-order valence-electron chi connectivity index (χ3n) is 3.68. The lowest BCUT2D eigenvalue weighted by Crippen LogP contribution is -2.23. The van der Waals surface area contributed by atoms with Crippen molar-refractivity contribution in [2.24, 2.45) is 0 Å². The summed E-state index contributed by atoms with van der Waals surface area (Å²) in [7, 11) is 0. The molecule has 0 radical (unpaired) electrons. The number of aromatic nitrogens is 2. The maximum absolute atomic E-state index is 4.85. The Morgan fingerprint density at radius 1 is 1.11 bits per heavy atom. The standard InChI is InChI=1S/C16H31N3/c1-7-11-17-13(8-2)16-14(9-3)18-19(12(5)6)15(16)10-4/h12-13,17H,7-11H2,1-6H3. The van der Waals surface area contributed by atoms with Gasteiger partial charge in [-0.1, -0.05) is 27.7 Å². The van der Waals surface area contributed by atoms with Gasteiger partial charge in [-0.2, -0.15) is 5.10 Å². The first-order chi connectivity index (χ1) is 9.10. The van der Waals surface area contributed by atoms with Crippen molar-refractivity contribution in [1.82, 2.24) is 15.1 Å². The number of nitrogens with zero attached hydrogens (tertiary/aromatic N) is 2. The van der Waals surface area contributed by atoms with Crippen molar-refractivity contribution in [3.63, 3.8) is 0 Å². The zero-order valence-corrected chi connectivity index (χ0v) is 13.6. The highest BCUT2D eigenvalue weighted by Gasteiger charge is 2.22. The zero-order chi connectivity index (χ0) is 14.4. The zero-order valence-electron chi connectivity index (χ0n) is 13.6. The van der Waals surface area contributed by atoms with Crippen molar-refractivity contribution < 1.29 is 0 Å². The van der Waals surface area contributed by atoms with Gasteiger partial charge in [0.15, 0.2) is 0 Å². The molecule has 0 bridgehead atoms. The summed E-state index contributed by atoms with van der Waals surface area (Å²) >= 11 is 0. The molecule has 1 N–H and O–H groups in total. The predicted molar refractivity (Wildman–Crippen MR) is 82.7 cm³/mol. The highest BCUT2D eigenvalue weighted by molar-refractivity contribution is 5.30. The first-order valence-corrected chi connectivity index (χ1v) is 7.93. The SMILES string of the molecule is CCCNC(CC)c1c(CC)nn(C(C)C)c1CC. The molecule has 0 amide bonds. The normalized spacial score (nSPS) is 13.2. The third-order valence-corrected chi connectivity index (χ3v) is 3.68. The molecular formula is C16H31N3. The number of hydrogen-bond donors (Lipinski definition) is 1. The van der Waals surface area contributed by atoms with E-state index in [9.17, 15) is 0 Å². The number of nitrogens with one attached hydrogen (secondary N) is 1. The first-order valence-electron chi connectivity index (χ1n) is 7.93. The van der Waals surface area contributed by atoms with E-state index in [1.54, 1.807) is 0 Å². The summed E-state index contributed by atoms with van der Waals surface area (Å²) in [5.74, 6) is 0. The van der Waals surface area contributed by atoms with Gasteiger partial charge in [0.1, 0.15) is 0 Å². The van der Waals surface area contributed by atoms with Gasteiger partial charge in [-0.05, 0) is 46.1 Å². The van der Waals surface area contributed by atoms with Gasteiger partial charge in [0.2, 0.25) is 0 Å². The van der Waals surface area contributed by atoms with Crippen molar-refractivity contribution in [2.45, 2.75) is 79.3 Å². The van der Waals surface area contributed by atoms with E-state index in [4.69, 9.17) is 5.10 Å². The second kappa shape index (κ2) is 7.68. The highest BCUT2D eigenvalue weighted by atomic mass is 15.3. The predicted octanol–water partition coefficient (Wildman–Crippen LogP) is 4.04. The van der Waals surface area contributed by atoms with E-state index in [1.807, 2.05) is 0 Å². The Hall–Kier alpha value is -0.830. The van der Waals surface area contributed by atoms with Gasteiger partial charge in [0.25, 0.3) is 0 Å². The lowest BCUT2D eigenvalue weighted by atomic mass is 9.99. The summed E-state index contributed by atoms with van der Waals surface area (Å²) in [6.45, 7) is 14.5. The monoisotopic (exact) mass is 265 g/mol. The number of hydrogen-bond acceptors (Lipinski definition) is 2. The topological polar surface area (TPSA) is 29.9 Å². The Balaban J connectivity index is 3.21. The van der Waals surface area contributed by atoms with Gasteiger partial charge in [-0.3, -0.25) is 4.68 Å². The highest BCUT2D eigenvalue weighted by Crippen LogP contribution is 2.28.